The molecular formula is C21H22N2O3S. The van der Waals surface area contributed by atoms with E-state index in [4.69, 9.17) is 0 Å². The summed E-state index contributed by atoms with van der Waals surface area (Å²) in [6.07, 6.45) is 0.691. The van der Waals surface area contributed by atoms with Gasteiger partial charge in [0.25, 0.3) is 0 Å². The summed E-state index contributed by atoms with van der Waals surface area (Å²) in [4.78, 5) is 12.4. The van der Waals surface area contributed by atoms with Crippen molar-refractivity contribution in [2.24, 2.45) is 0 Å². The Kier molecular flexibility index (Phi) is 5.88. The molecule has 3 aromatic carbocycles. The Morgan fingerprint density at radius 2 is 1.59 bits per heavy atom. The molecule has 0 bridgehead atoms. The Bertz CT molecular complexity index is 1030. The molecule has 3 rings (SSSR count). The van der Waals surface area contributed by atoms with Gasteiger partial charge < -0.3 is 5.32 Å². The van der Waals surface area contributed by atoms with Crippen molar-refractivity contribution >= 4 is 26.7 Å². The van der Waals surface area contributed by atoms with Gasteiger partial charge in [-0.15, -0.1) is 0 Å². The third kappa shape index (κ3) is 4.93. The molecule has 0 heterocycles. The van der Waals surface area contributed by atoms with Crippen LogP contribution in [0.3, 0.4) is 0 Å². The van der Waals surface area contributed by atoms with Crippen LogP contribution in [0.4, 0.5) is 0 Å². The number of hydrogen-bond donors (Lipinski definition) is 2. The highest BCUT2D eigenvalue weighted by molar-refractivity contribution is 7.89. The second kappa shape index (κ2) is 8.33. The van der Waals surface area contributed by atoms with Crippen molar-refractivity contribution in [2.75, 3.05) is 6.54 Å². The van der Waals surface area contributed by atoms with Crippen LogP contribution >= 0.6 is 0 Å². The predicted octanol–water partition coefficient (Wildman–Crippen LogP) is 2.87. The largest absolute Gasteiger partial charge is 0.354 e. The van der Waals surface area contributed by atoms with Crippen LogP contribution in [0.15, 0.2) is 77.7 Å². The highest BCUT2D eigenvalue weighted by atomic mass is 32.2. The van der Waals surface area contributed by atoms with Gasteiger partial charge in [0.15, 0.2) is 0 Å². The molecule has 0 radical (unpaired) electrons. The van der Waals surface area contributed by atoms with E-state index in [2.05, 4.69) is 10.0 Å². The minimum absolute atomic E-state index is 0.144. The summed E-state index contributed by atoms with van der Waals surface area (Å²) >= 11 is 0. The molecule has 0 saturated heterocycles. The first-order valence-corrected chi connectivity index (χ1v) is 10.3. The molecule has 140 valence electrons. The molecule has 0 aliphatic carbocycles. The van der Waals surface area contributed by atoms with Crippen LogP contribution in [0.2, 0.25) is 0 Å². The number of carbonyl (C=O) groups excluding carboxylic acids is 1. The lowest BCUT2D eigenvalue weighted by Gasteiger charge is -2.15. The lowest BCUT2D eigenvalue weighted by Crippen LogP contribution is -2.45. The van der Waals surface area contributed by atoms with Crippen LogP contribution in [0, 0.1) is 0 Å². The van der Waals surface area contributed by atoms with Crippen molar-refractivity contribution in [3.63, 3.8) is 0 Å². The van der Waals surface area contributed by atoms with Crippen LogP contribution < -0.4 is 10.0 Å². The van der Waals surface area contributed by atoms with Gasteiger partial charge in [0.05, 0.1) is 10.9 Å². The average Bonchev–Trinajstić information content (AvgIpc) is 2.68. The van der Waals surface area contributed by atoms with Crippen LogP contribution in [-0.4, -0.2) is 26.9 Å². The van der Waals surface area contributed by atoms with Gasteiger partial charge in [-0.2, -0.15) is 4.72 Å². The fourth-order valence-electron chi connectivity index (χ4n) is 2.82. The number of sulfonamides is 1. The highest BCUT2D eigenvalue weighted by Gasteiger charge is 2.22. The van der Waals surface area contributed by atoms with E-state index in [0.29, 0.717) is 13.0 Å². The zero-order chi connectivity index (χ0) is 19.3. The smallest absolute Gasteiger partial charge is 0.241 e. The van der Waals surface area contributed by atoms with Gasteiger partial charge in [0.1, 0.15) is 0 Å². The fourth-order valence-corrected chi connectivity index (χ4v) is 4.05. The summed E-state index contributed by atoms with van der Waals surface area (Å²) in [6, 6.07) is 21.4. The van der Waals surface area contributed by atoms with Gasteiger partial charge in [0, 0.05) is 6.54 Å². The van der Waals surface area contributed by atoms with E-state index in [9.17, 15) is 13.2 Å². The Balaban J connectivity index is 1.60. The maximum atomic E-state index is 12.6. The molecule has 0 aromatic heterocycles. The lowest BCUT2D eigenvalue weighted by atomic mass is 10.1. The van der Waals surface area contributed by atoms with Crippen LogP contribution in [0.5, 0.6) is 0 Å². The summed E-state index contributed by atoms with van der Waals surface area (Å²) in [5.41, 5.74) is 1.11. The zero-order valence-electron chi connectivity index (χ0n) is 15.1. The monoisotopic (exact) mass is 382 g/mol. The normalized spacial score (nSPS) is 12.6. The van der Waals surface area contributed by atoms with Crippen molar-refractivity contribution < 1.29 is 13.2 Å². The number of benzene rings is 3. The Hall–Kier alpha value is -2.70. The van der Waals surface area contributed by atoms with Gasteiger partial charge in [0.2, 0.25) is 15.9 Å². The molecule has 0 spiro atoms. The summed E-state index contributed by atoms with van der Waals surface area (Å²) in [6.45, 7) is 1.99. The maximum Gasteiger partial charge on any atom is 0.241 e. The number of fused-ring (bicyclic) bond motifs is 1. The van der Waals surface area contributed by atoms with E-state index in [1.54, 1.807) is 18.2 Å². The molecule has 0 aliphatic heterocycles. The Morgan fingerprint density at radius 3 is 2.33 bits per heavy atom. The van der Waals surface area contributed by atoms with E-state index >= 15 is 0 Å². The third-order valence-corrected chi connectivity index (χ3v) is 5.85. The van der Waals surface area contributed by atoms with Crippen LogP contribution in [0.25, 0.3) is 10.8 Å². The van der Waals surface area contributed by atoms with Gasteiger partial charge in [-0.25, -0.2) is 8.42 Å². The zero-order valence-corrected chi connectivity index (χ0v) is 15.9. The first-order chi connectivity index (χ1) is 13.0. The topological polar surface area (TPSA) is 75.3 Å². The quantitative estimate of drug-likeness (QED) is 0.660. The fraction of sp³-hybridized carbons (Fsp3) is 0.190. The van der Waals surface area contributed by atoms with Gasteiger partial charge in [-0.1, -0.05) is 60.7 Å². The molecule has 0 fully saturated rings. The van der Waals surface area contributed by atoms with E-state index < -0.39 is 16.1 Å². The van der Waals surface area contributed by atoms with Crippen molar-refractivity contribution in [1.29, 1.82) is 0 Å². The van der Waals surface area contributed by atoms with E-state index in [1.165, 1.54) is 6.92 Å². The van der Waals surface area contributed by atoms with Crippen molar-refractivity contribution in [3.05, 3.63) is 78.4 Å². The van der Waals surface area contributed by atoms with E-state index in [0.717, 1.165) is 16.3 Å². The molecule has 2 N–H and O–H groups in total. The number of amides is 1. The number of hydrogen-bond acceptors (Lipinski definition) is 3. The van der Waals surface area contributed by atoms with Crippen molar-refractivity contribution in [2.45, 2.75) is 24.3 Å². The maximum absolute atomic E-state index is 12.6. The molecule has 6 heteroatoms. The summed E-state index contributed by atoms with van der Waals surface area (Å²) in [7, 11) is -3.78. The predicted molar refractivity (Wildman–Crippen MR) is 107 cm³/mol. The van der Waals surface area contributed by atoms with Gasteiger partial charge in [-0.05, 0) is 41.8 Å². The molecule has 0 unspecified atom stereocenters. The highest BCUT2D eigenvalue weighted by Crippen LogP contribution is 2.19. The first kappa shape index (κ1) is 19.1. The molecule has 1 amide bonds. The van der Waals surface area contributed by atoms with Crippen LogP contribution in [-0.2, 0) is 21.2 Å². The van der Waals surface area contributed by atoms with E-state index in [1.807, 2.05) is 54.6 Å². The molecule has 1 atom stereocenters. The third-order valence-electron chi connectivity index (χ3n) is 4.31. The minimum Gasteiger partial charge on any atom is -0.354 e. The average molecular weight is 382 g/mol. The summed E-state index contributed by atoms with van der Waals surface area (Å²) < 4.78 is 27.6. The lowest BCUT2D eigenvalue weighted by molar-refractivity contribution is -0.122. The first-order valence-electron chi connectivity index (χ1n) is 8.78. The summed E-state index contributed by atoms with van der Waals surface area (Å²) in [5, 5.41) is 4.56. The standard InChI is InChI=1S/C21H22N2O3S/c1-16(21(24)22-14-13-17-7-3-2-4-8-17)23-27(25,26)20-12-11-18-9-5-6-10-19(18)15-20/h2-12,15-16,23H,13-14H2,1H3,(H,22,24)/t16-/m1/s1. The molecule has 27 heavy (non-hydrogen) atoms. The summed E-state index contributed by atoms with van der Waals surface area (Å²) in [5.74, 6) is -0.352. The van der Waals surface area contributed by atoms with Gasteiger partial charge in [-0.3, -0.25) is 4.79 Å². The molecule has 3 aromatic rings. The molecule has 0 aliphatic rings. The second-order valence-corrected chi connectivity index (χ2v) is 8.09. The Labute approximate surface area is 159 Å². The van der Waals surface area contributed by atoms with Gasteiger partial charge >= 0.3 is 0 Å². The Morgan fingerprint density at radius 1 is 0.926 bits per heavy atom. The van der Waals surface area contributed by atoms with Crippen molar-refractivity contribution in [1.82, 2.24) is 10.0 Å². The second-order valence-electron chi connectivity index (χ2n) is 6.38. The van der Waals surface area contributed by atoms with Crippen molar-refractivity contribution in [3.8, 4) is 0 Å². The molecule has 5 nitrogen and oxygen atoms in total. The molecule has 0 saturated carbocycles. The number of carbonyl (C=O) groups is 1. The SMILES string of the molecule is C[C@@H](NS(=O)(=O)c1ccc2ccccc2c1)C(=O)NCCc1ccccc1. The van der Waals surface area contributed by atoms with E-state index in [-0.39, 0.29) is 10.8 Å². The minimum atomic E-state index is -3.78. The molecular weight excluding hydrogens is 360 g/mol. The number of rotatable bonds is 7. The van der Waals surface area contributed by atoms with Crippen LogP contribution in [0.1, 0.15) is 12.5 Å². The number of nitrogens with one attached hydrogen (secondary N) is 2.